The van der Waals surface area contributed by atoms with Crippen LogP contribution in [0.4, 0.5) is 0 Å². The molecule has 1 unspecified atom stereocenters. The van der Waals surface area contributed by atoms with Gasteiger partial charge in [0.15, 0.2) is 5.69 Å². The number of nitrogens with one attached hydrogen (secondary N) is 1. The zero-order chi connectivity index (χ0) is 17.1. The number of benzene rings is 2. The fourth-order valence-electron chi connectivity index (χ4n) is 2.39. The van der Waals surface area contributed by atoms with Gasteiger partial charge in [0.1, 0.15) is 0 Å². The van der Waals surface area contributed by atoms with E-state index in [4.69, 9.17) is 11.6 Å². The standard InChI is InChI=1S/C18H17ClN4O/c1-12(14-7-4-3-5-8-14)20-18(24)17-13(2)21-23(22-17)16-10-6-9-15(19)11-16/h3-12H,1-2H3,(H,20,24). The third-order valence-corrected chi connectivity index (χ3v) is 3.92. The third kappa shape index (κ3) is 3.46. The molecule has 5 nitrogen and oxygen atoms in total. The molecule has 0 radical (unpaired) electrons. The van der Waals surface area contributed by atoms with E-state index in [9.17, 15) is 4.79 Å². The fourth-order valence-corrected chi connectivity index (χ4v) is 2.58. The Labute approximate surface area is 145 Å². The number of amides is 1. The Hall–Kier alpha value is -2.66. The number of nitrogens with zero attached hydrogens (tertiary/aromatic N) is 3. The highest BCUT2D eigenvalue weighted by Gasteiger charge is 2.18. The van der Waals surface area contributed by atoms with Gasteiger partial charge in [-0.15, -0.1) is 5.10 Å². The number of aromatic nitrogens is 3. The van der Waals surface area contributed by atoms with Crippen LogP contribution in [-0.2, 0) is 0 Å². The van der Waals surface area contributed by atoms with E-state index in [1.54, 1.807) is 19.1 Å². The van der Waals surface area contributed by atoms with Crippen molar-refractivity contribution in [1.29, 1.82) is 0 Å². The average Bonchev–Trinajstić information content (AvgIpc) is 2.97. The molecular formula is C18H17ClN4O. The molecule has 0 saturated carbocycles. The maximum Gasteiger partial charge on any atom is 0.274 e. The van der Waals surface area contributed by atoms with Gasteiger partial charge in [-0.1, -0.05) is 48.0 Å². The molecule has 122 valence electrons. The van der Waals surface area contributed by atoms with E-state index < -0.39 is 0 Å². The van der Waals surface area contributed by atoms with E-state index in [1.807, 2.05) is 49.4 Å². The Morgan fingerprint density at radius 3 is 2.58 bits per heavy atom. The molecule has 1 amide bonds. The van der Waals surface area contributed by atoms with Crippen molar-refractivity contribution in [2.45, 2.75) is 19.9 Å². The summed E-state index contributed by atoms with van der Waals surface area (Å²) in [6, 6.07) is 16.8. The summed E-state index contributed by atoms with van der Waals surface area (Å²) in [6.07, 6.45) is 0. The van der Waals surface area contributed by atoms with Crippen LogP contribution in [-0.4, -0.2) is 20.9 Å². The second-order valence-corrected chi connectivity index (χ2v) is 5.95. The zero-order valence-corrected chi connectivity index (χ0v) is 14.2. The smallest absolute Gasteiger partial charge is 0.274 e. The minimum Gasteiger partial charge on any atom is -0.344 e. The molecule has 0 aliphatic heterocycles. The summed E-state index contributed by atoms with van der Waals surface area (Å²) < 4.78 is 0. The van der Waals surface area contributed by atoms with Crippen molar-refractivity contribution in [3.8, 4) is 5.69 Å². The number of carbonyl (C=O) groups excluding carboxylic acids is 1. The minimum atomic E-state index is -0.253. The predicted octanol–water partition coefficient (Wildman–Crippen LogP) is 3.72. The van der Waals surface area contributed by atoms with Crippen LogP contribution in [0.2, 0.25) is 5.02 Å². The van der Waals surface area contributed by atoms with E-state index >= 15 is 0 Å². The van der Waals surface area contributed by atoms with Crippen LogP contribution in [0.3, 0.4) is 0 Å². The summed E-state index contributed by atoms with van der Waals surface area (Å²) in [5, 5.41) is 12.1. The quantitative estimate of drug-likeness (QED) is 0.787. The maximum absolute atomic E-state index is 12.5. The Bertz CT molecular complexity index is 860. The molecule has 24 heavy (non-hydrogen) atoms. The summed E-state index contributed by atoms with van der Waals surface area (Å²) in [5.74, 6) is -0.253. The molecule has 1 N–H and O–H groups in total. The zero-order valence-electron chi connectivity index (χ0n) is 13.4. The topological polar surface area (TPSA) is 59.8 Å². The molecule has 1 aromatic heterocycles. The lowest BCUT2D eigenvalue weighted by Gasteiger charge is -2.13. The second-order valence-electron chi connectivity index (χ2n) is 5.51. The van der Waals surface area contributed by atoms with Gasteiger partial charge in [-0.05, 0) is 37.6 Å². The molecule has 3 rings (SSSR count). The van der Waals surface area contributed by atoms with E-state index in [-0.39, 0.29) is 11.9 Å². The Morgan fingerprint density at radius 2 is 1.88 bits per heavy atom. The number of hydrogen-bond donors (Lipinski definition) is 1. The highest BCUT2D eigenvalue weighted by molar-refractivity contribution is 6.30. The molecule has 0 saturated heterocycles. The third-order valence-electron chi connectivity index (χ3n) is 3.68. The normalized spacial score (nSPS) is 12.0. The van der Waals surface area contributed by atoms with Crippen molar-refractivity contribution in [2.75, 3.05) is 0 Å². The van der Waals surface area contributed by atoms with Crippen molar-refractivity contribution in [2.24, 2.45) is 0 Å². The first kappa shape index (κ1) is 16.2. The first-order chi connectivity index (χ1) is 11.5. The van der Waals surface area contributed by atoms with Crippen molar-refractivity contribution in [1.82, 2.24) is 20.3 Å². The van der Waals surface area contributed by atoms with Crippen LogP contribution < -0.4 is 5.32 Å². The van der Waals surface area contributed by atoms with Gasteiger partial charge in [0.2, 0.25) is 0 Å². The van der Waals surface area contributed by atoms with Crippen molar-refractivity contribution in [3.05, 3.63) is 76.6 Å². The Kier molecular flexibility index (Phi) is 4.62. The van der Waals surface area contributed by atoms with E-state index in [0.717, 1.165) is 5.56 Å². The van der Waals surface area contributed by atoms with Crippen molar-refractivity contribution < 1.29 is 4.79 Å². The molecule has 6 heteroatoms. The van der Waals surface area contributed by atoms with Crippen molar-refractivity contribution >= 4 is 17.5 Å². The lowest BCUT2D eigenvalue weighted by molar-refractivity contribution is 0.0934. The largest absolute Gasteiger partial charge is 0.344 e. The lowest BCUT2D eigenvalue weighted by atomic mass is 10.1. The number of carbonyl (C=O) groups is 1. The summed E-state index contributed by atoms with van der Waals surface area (Å²) in [4.78, 5) is 13.9. The van der Waals surface area contributed by atoms with Gasteiger partial charge in [-0.3, -0.25) is 4.79 Å². The highest BCUT2D eigenvalue weighted by Crippen LogP contribution is 2.16. The average molecular weight is 341 g/mol. The van der Waals surface area contributed by atoms with Gasteiger partial charge in [0.05, 0.1) is 17.4 Å². The van der Waals surface area contributed by atoms with Gasteiger partial charge in [0, 0.05) is 5.02 Å². The van der Waals surface area contributed by atoms with E-state index in [1.165, 1.54) is 4.80 Å². The van der Waals surface area contributed by atoms with Crippen LogP contribution in [0, 0.1) is 6.92 Å². The molecule has 1 atom stereocenters. The number of rotatable bonds is 4. The van der Waals surface area contributed by atoms with Gasteiger partial charge in [0.25, 0.3) is 5.91 Å². The van der Waals surface area contributed by atoms with Crippen LogP contribution in [0.15, 0.2) is 54.6 Å². The molecule has 1 heterocycles. The number of aryl methyl sites for hydroxylation is 1. The summed E-state index contributed by atoms with van der Waals surface area (Å²) in [7, 11) is 0. The minimum absolute atomic E-state index is 0.116. The number of halogens is 1. The molecule has 2 aromatic carbocycles. The van der Waals surface area contributed by atoms with Crippen LogP contribution >= 0.6 is 11.6 Å². The van der Waals surface area contributed by atoms with Gasteiger partial charge in [-0.25, -0.2) is 0 Å². The molecule has 0 fully saturated rings. The predicted molar refractivity (Wildman–Crippen MR) is 93.4 cm³/mol. The highest BCUT2D eigenvalue weighted by atomic mass is 35.5. The Balaban J connectivity index is 1.81. The molecule has 0 bridgehead atoms. The molecule has 0 aliphatic carbocycles. The number of hydrogen-bond acceptors (Lipinski definition) is 3. The van der Waals surface area contributed by atoms with Gasteiger partial charge < -0.3 is 5.32 Å². The lowest BCUT2D eigenvalue weighted by Crippen LogP contribution is -2.27. The summed E-state index contributed by atoms with van der Waals surface area (Å²) in [6.45, 7) is 3.69. The van der Waals surface area contributed by atoms with E-state index in [2.05, 4.69) is 15.5 Å². The first-order valence-electron chi connectivity index (χ1n) is 7.60. The summed E-state index contributed by atoms with van der Waals surface area (Å²) in [5.41, 5.74) is 2.61. The van der Waals surface area contributed by atoms with Crippen LogP contribution in [0.25, 0.3) is 5.69 Å². The molecule has 0 spiro atoms. The SMILES string of the molecule is Cc1nn(-c2cccc(Cl)c2)nc1C(=O)NC(C)c1ccccc1. The molecular weight excluding hydrogens is 324 g/mol. The maximum atomic E-state index is 12.5. The van der Waals surface area contributed by atoms with Crippen LogP contribution in [0.1, 0.15) is 34.7 Å². The van der Waals surface area contributed by atoms with Gasteiger partial charge in [-0.2, -0.15) is 9.90 Å². The molecule has 0 aliphatic rings. The van der Waals surface area contributed by atoms with E-state index in [0.29, 0.717) is 22.1 Å². The monoisotopic (exact) mass is 340 g/mol. The first-order valence-corrected chi connectivity index (χ1v) is 7.98. The van der Waals surface area contributed by atoms with Crippen LogP contribution in [0.5, 0.6) is 0 Å². The molecule has 3 aromatic rings. The van der Waals surface area contributed by atoms with Gasteiger partial charge >= 0.3 is 0 Å². The Morgan fingerprint density at radius 1 is 1.12 bits per heavy atom. The second kappa shape index (κ2) is 6.84. The fraction of sp³-hybridized carbons (Fsp3) is 0.167. The van der Waals surface area contributed by atoms with Crippen molar-refractivity contribution in [3.63, 3.8) is 0 Å². The summed E-state index contributed by atoms with van der Waals surface area (Å²) >= 11 is 5.99.